The third kappa shape index (κ3) is 3.65. The number of benzene rings is 3. The molecule has 4 aromatic rings. The number of ether oxygens (including phenoxy) is 1. The lowest BCUT2D eigenvalue weighted by atomic mass is 10.1. The molecule has 1 aliphatic heterocycles. The van der Waals surface area contributed by atoms with E-state index in [9.17, 15) is 4.79 Å². The fraction of sp³-hybridized carbons (Fsp3) is 0.160. The van der Waals surface area contributed by atoms with Gasteiger partial charge >= 0.3 is 0 Å². The van der Waals surface area contributed by atoms with Crippen LogP contribution in [0.2, 0.25) is 0 Å². The van der Waals surface area contributed by atoms with Gasteiger partial charge in [0.2, 0.25) is 5.82 Å². The first kappa shape index (κ1) is 20.3. The molecule has 0 fully saturated rings. The number of hydrogen-bond donors (Lipinski definition) is 0. The number of rotatable bonds is 5. The summed E-state index contributed by atoms with van der Waals surface area (Å²) in [6.07, 6.45) is 0.870. The first-order chi connectivity index (χ1) is 15.7. The van der Waals surface area contributed by atoms with Gasteiger partial charge in [-0.2, -0.15) is 4.98 Å². The van der Waals surface area contributed by atoms with Gasteiger partial charge < -0.3 is 14.2 Å². The summed E-state index contributed by atoms with van der Waals surface area (Å²) >= 11 is 1.59. The van der Waals surface area contributed by atoms with Crippen molar-refractivity contribution in [3.63, 3.8) is 0 Å². The van der Waals surface area contributed by atoms with Crippen LogP contribution >= 0.6 is 11.8 Å². The highest BCUT2D eigenvalue weighted by Crippen LogP contribution is 2.43. The summed E-state index contributed by atoms with van der Waals surface area (Å²) in [5.41, 5.74) is 3.25. The average molecular weight is 444 g/mol. The van der Waals surface area contributed by atoms with E-state index in [-0.39, 0.29) is 5.91 Å². The zero-order chi connectivity index (χ0) is 22.1. The zero-order valence-electron chi connectivity index (χ0n) is 17.7. The quantitative estimate of drug-likeness (QED) is 0.381. The van der Waals surface area contributed by atoms with Gasteiger partial charge in [-0.15, -0.1) is 0 Å². The van der Waals surface area contributed by atoms with Crippen molar-refractivity contribution in [2.75, 3.05) is 18.6 Å². The number of methoxy groups -OCH3 is 1. The van der Waals surface area contributed by atoms with E-state index in [4.69, 9.17) is 9.26 Å². The number of carbonyl (C=O) groups excluding carboxylic acids is 1. The third-order valence-electron chi connectivity index (χ3n) is 5.28. The highest BCUT2D eigenvalue weighted by molar-refractivity contribution is 7.99. The molecule has 0 saturated heterocycles. The van der Waals surface area contributed by atoms with E-state index in [0.29, 0.717) is 18.3 Å². The predicted octanol–water partition coefficient (Wildman–Crippen LogP) is 5.93. The Kier molecular flexibility index (Phi) is 5.41. The maximum absolute atomic E-state index is 13.2. The lowest BCUT2D eigenvalue weighted by Gasteiger charge is -2.22. The molecular formula is C25H21N3O3S. The molecule has 160 valence electrons. The van der Waals surface area contributed by atoms with Crippen LogP contribution in [-0.4, -0.2) is 29.7 Å². The molecule has 1 aliphatic rings. The molecule has 1 amide bonds. The Morgan fingerprint density at radius 3 is 2.72 bits per heavy atom. The number of fused-ring (bicyclic) bond motifs is 2. The summed E-state index contributed by atoms with van der Waals surface area (Å²) < 4.78 is 10.8. The maximum Gasteiger partial charge on any atom is 0.259 e. The second kappa shape index (κ2) is 8.51. The van der Waals surface area contributed by atoms with E-state index >= 15 is 0 Å². The predicted molar refractivity (Wildman–Crippen MR) is 124 cm³/mol. The van der Waals surface area contributed by atoms with E-state index in [1.165, 1.54) is 0 Å². The summed E-state index contributed by atoms with van der Waals surface area (Å²) in [4.78, 5) is 21.6. The molecule has 2 heterocycles. The smallest absolute Gasteiger partial charge is 0.259 e. The van der Waals surface area contributed by atoms with Crippen LogP contribution in [0.5, 0.6) is 5.75 Å². The Morgan fingerprint density at radius 2 is 1.88 bits per heavy atom. The molecule has 0 saturated carbocycles. The number of carbonyl (C=O) groups is 1. The van der Waals surface area contributed by atoms with E-state index in [1.54, 1.807) is 18.9 Å². The van der Waals surface area contributed by atoms with Crippen LogP contribution < -0.4 is 9.64 Å². The van der Waals surface area contributed by atoms with Gasteiger partial charge in [-0.1, -0.05) is 42.0 Å². The van der Waals surface area contributed by atoms with Crippen molar-refractivity contribution in [2.24, 2.45) is 0 Å². The minimum Gasteiger partial charge on any atom is -0.497 e. The topological polar surface area (TPSA) is 68.5 Å². The molecule has 0 unspecified atom stereocenters. The minimum absolute atomic E-state index is 0.0290. The van der Waals surface area contributed by atoms with Crippen LogP contribution in [0.15, 0.2) is 81.0 Å². The Hall–Kier alpha value is -3.58. The van der Waals surface area contributed by atoms with Crippen LogP contribution in [0.25, 0.3) is 22.8 Å². The summed E-state index contributed by atoms with van der Waals surface area (Å²) in [5, 5.41) is 4.19. The largest absolute Gasteiger partial charge is 0.497 e. The number of amides is 1. The van der Waals surface area contributed by atoms with Gasteiger partial charge in [-0.3, -0.25) is 4.79 Å². The van der Waals surface area contributed by atoms with Crippen molar-refractivity contribution in [2.45, 2.75) is 23.1 Å². The Labute approximate surface area is 190 Å². The molecule has 0 spiro atoms. The first-order valence-electron chi connectivity index (χ1n) is 10.4. The molecular weight excluding hydrogens is 422 g/mol. The Bertz CT molecular complexity index is 1300. The number of nitrogens with zero attached hydrogens (tertiary/aromatic N) is 3. The normalized spacial score (nSPS) is 12.8. The van der Waals surface area contributed by atoms with Crippen LogP contribution in [-0.2, 0) is 0 Å². The standard InChI is InChI=1S/C25H21N3O3S/c1-3-13-28-20-12-11-16(15-22(20)32-21-10-5-4-9-19(21)25(28)29)23-26-24(31-27-23)17-7-6-8-18(14-17)30-2/h4-12,14-15H,3,13H2,1-2H3. The van der Waals surface area contributed by atoms with Crippen molar-refractivity contribution in [1.29, 1.82) is 0 Å². The molecule has 0 radical (unpaired) electrons. The SMILES string of the molecule is CCCN1C(=O)c2ccccc2Sc2cc(-c3noc(-c4cccc(OC)c4)n3)ccc21. The minimum atomic E-state index is 0.0290. The number of aromatic nitrogens is 2. The third-order valence-corrected chi connectivity index (χ3v) is 6.40. The molecule has 0 bridgehead atoms. The Morgan fingerprint density at radius 1 is 1.00 bits per heavy atom. The molecule has 0 atom stereocenters. The van der Waals surface area contributed by atoms with E-state index < -0.39 is 0 Å². The van der Waals surface area contributed by atoms with Gasteiger partial charge in [0.15, 0.2) is 0 Å². The summed E-state index contributed by atoms with van der Waals surface area (Å²) in [7, 11) is 1.62. The molecule has 7 heteroatoms. The van der Waals surface area contributed by atoms with Crippen molar-refractivity contribution in [3.05, 3.63) is 72.3 Å². The van der Waals surface area contributed by atoms with Crippen molar-refractivity contribution < 1.29 is 14.1 Å². The van der Waals surface area contributed by atoms with E-state index in [1.807, 2.05) is 71.6 Å². The molecule has 6 nitrogen and oxygen atoms in total. The summed E-state index contributed by atoms with van der Waals surface area (Å²) in [6, 6.07) is 21.2. The average Bonchev–Trinajstić information content (AvgIpc) is 3.29. The highest BCUT2D eigenvalue weighted by Gasteiger charge is 2.27. The van der Waals surface area contributed by atoms with Crippen LogP contribution in [0.3, 0.4) is 0 Å². The van der Waals surface area contributed by atoms with Gasteiger partial charge in [0.05, 0.1) is 18.4 Å². The van der Waals surface area contributed by atoms with Gasteiger partial charge in [-0.05, 0) is 55.0 Å². The molecule has 5 rings (SSSR count). The van der Waals surface area contributed by atoms with Gasteiger partial charge in [0.1, 0.15) is 5.75 Å². The fourth-order valence-corrected chi connectivity index (χ4v) is 4.84. The number of anilines is 1. The zero-order valence-corrected chi connectivity index (χ0v) is 18.6. The molecule has 0 aliphatic carbocycles. The first-order valence-corrected chi connectivity index (χ1v) is 11.2. The van der Waals surface area contributed by atoms with Crippen molar-refractivity contribution >= 4 is 23.4 Å². The second-order valence-electron chi connectivity index (χ2n) is 7.39. The molecule has 1 aromatic heterocycles. The second-order valence-corrected chi connectivity index (χ2v) is 8.48. The van der Waals surface area contributed by atoms with E-state index in [0.717, 1.165) is 44.3 Å². The number of hydrogen-bond acceptors (Lipinski definition) is 6. The van der Waals surface area contributed by atoms with Crippen LogP contribution in [0.4, 0.5) is 5.69 Å². The molecule has 3 aromatic carbocycles. The summed E-state index contributed by atoms with van der Waals surface area (Å²) in [5.74, 6) is 1.68. The van der Waals surface area contributed by atoms with Gasteiger partial charge in [0.25, 0.3) is 11.8 Å². The van der Waals surface area contributed by atoms with E-state index in [2.05, 4.69) is 17.1 Å². The van der Waals surface area contributed by atoms with Crippen LogP contribution in [0.1, 0.15) is 23.7 Å². The van der Waals surface area contributed by atoms with Crippen molar-refractivity contribution in [1.82, 2.24) is 10.1 Å². The lowest BCUT2D eigenvalue weighted by Crippen LogP contribution is -2.31. The monoisotopic (exact) mass is 443 g/mol. The van der Waals surface area contributed by atoms with Gasteiger partial charge in [-0.25, -0.2) is 0 Å². The lowest BCUT2D eigenvalue weighted by molar-refractivity contribution is 0.0984. The van der Waals surface area contributed by atoms with Crippen molar-refractivity contribution in [3.8, 4) is 28.6 Å². The van der Waals surface area contributed by atoms with Crippen LogP contribution in [0, 0.1) is 0 Å². The highest BCUT2D eigenvalue weighted by atomic mass is 32.2. The summed E-state index contributed by atoms with van der Waals surface area (Å²) in [6.45, 7) is 2.73. The fourth-order valence-electron chi connectivity index (χ4n) is 3.72. The van der Waals surface area contributed by atoms with Gasteiger partial charge in [0, 0.05) is 27.5 Å². The Balaban J connectivity index is 1.55. The molecule has 32 heavy (non-hydrogen) atoms. The molecule has 0 N–H and O–H groups in total. The maximum atomic E-state index is 13.2.